The summed E-state index contributed by atoms with van der Waals surface area (Å²) in [6, 6.07) is 0. The van der Waals surface area contributed by atoms with Crippen LogP contribution in [0.15, 0.2) is 0 Å². The number of aliphatic hydroxyl groups is 12. The fraction of sp³-hybridized carbons (Fsp3) is 1.00. The molecule has 0 aromatic heterocycles. The summed E-state index contributed by atoms with van der Waals surface area (Å²) in [5, 5.41) is 117. The predicted molar refractivity (Wildman–Crippen MR) is 103 cm³/mol. The van der Waals surface area contributed by atoms with Crippen LogP contribution in [0.2, 0.25) is 0 Å². The number of hydrogen-bond acceptors (Lipinski definition) is 16. The lowest BCUT2D eigenvalue weighted by molar-refractivity contribution is -0.309. The topological polar surface area (TPSA) is 280 Å². The van der Waals surface area contributed by atoms with E-state index in [1.165, 1.54) is 0 Å². The van der Waals surface area contributed by atoms with E-state index in [1.807, 2.05) is 0 Å². The number of ether oxygens (including phenoxy) is 4. The number of hydrogen-bond donors (Lipinski definition) is 12. The van der Waals surface area contributed by atoms with Crippen LogP contribution in [0.3, 0.4) is 0 Å². The van der Waals surface area contributed by atoms with Crippen molar-refractivity contribution in [1.29, 1.82) is 0 Å². The third-order valence-corrected chi connectivity index (χ3v) is 5.70. The molecule has 0 aromatic carbocycles. The van der Waals surface area contributed by atoms with E-state index in [4.69, 9.17) is 29.2 Å². The molecule has 0 unspecified atom stereocenters. The van der Waals surface area contributed by atoms with Gasteiger partial charge >= 0.3 is 0 Å². The van der Waals surface area contributed by atoms with Gasteiger partial charge in [0.25, 0.3) is 0 Å². The van der Waals surface area contributed by atoms with E-state index in [0.29, 0.717) is 0 Å². The average molecular weight is 506 g/mol. The molecule has 0 aliphatic carbocycles. The first kappa shape index (κ1) is 29.6. The van der Waals surface area contributed by atoms with E-state index >= 15 is 0 Å². The summed E-state index contributed by atoms with van der Waals surface area (Å²) in [7, 11) is 0. The van der Waals surface area contributed by atoms with Crippen molar-refractivity contribution < 1.29 is 80.2 Å². The Morgan fingerprint density at radius 1 is 0.529 bits per heavy atom. The molecule has 202 valence electrons. The van der Waals surface area contributed by atoms with Gasteiger partial charge in [-0.2, -0.15) is 0 Å². The van der Waals surface area contributed by atoms with Crippen LogP contribution in [-0.4, -0.2) is 174 Å². The molecule has 16 heteroatoms. The van der Waals surface area contributed by atoms with Gasteiger partial charge in [0.2, 0.25) is 0 Å². The maximum Gasteiger partial charge on any atom is 0.186 e. The van der Waals surface area contributed by atoms with Crippen LogP contribution in [0.5, 0.6) is 0 Å². The molecule has 0 amide bonds. The molecule has 2 aliphatic rings. The molecular formula is C18H34O16. The zero-order valence-corrected chi connectivity index (χ0v) is 17.9. The molecule has 0 spiro atoms. The van der Waals surface area contributed by atoms with Gasteiger partial charge in [-0.05, 0) is 0 Å². The highest BCUT2D eigenvalue weighted by Crippen LogP contribution is 2.24. The van der Waals surface area contributed by atoms with Crippen LogP contribution in [0.25, 0.3) is 0 Å². The van der Waals surface area contributed by atoms with Gasteiger partial charge in [-0.1, -0.05) is 0 Å². The first-order valence-electron chi connectivity index (χ1n) is 10.5. The molecule has 34 heavy (non-hydrogen) atoms. The fourth-order valence-electron chi connectivity index (χ4n) is 3.45. The average Bonchev–Trinajstić information content (AvgIpc) is 2.83. The smallest absolute Gasteiger partial charge is 0.186 e. The van der Waals surface area contributed by atoms with Gasteiger partial charge in [-0.3, -0.25) is 0 Å². The Labute approximate surface area is 193 Å². The Balaban J connectivity index is 1.84. The lowest BCUT2D eigenvalue weighted by Gasteiger charge is -2.40. The van der Waals surface area contributed by atoms with Crippen molar-refractivity contribution in [3.8, 4) is 0 Å². The van der Waals surface area contributed by atoms with Crippen molar-refractivity contribution in [2.75, 3.05) is 26.4 Å². The normalized spacial score (nSPS) is 42.7. The minimum atomic E-state index is -2.03. The van der Waals surface area contributed by atoms with Crippen LogP contribution in [-0.2, 0) is 18.9 Å². The molecule has 16 nitrogen and oxygen atoms in total. The molecule has 0 saturated carbocycles. The largest absolute Gasteiger partial charge is 0.394 e. The van der Waals surface area contributed by atoms with Crippen molar-refractivity contribution in [1.82, 2.24) is 0 Å². The summed E-state index contributed by atoms with van der Waals surface area (Å²) < 4.78 is 20.3. The molecule has 14 atom stereocenters. The van der Waals surface area contributed by atoms with E-state index in [2.05, 4.69) is 0 Å². The summed E-state index contributed by atoms with van der Waals surface area (Å²) in [6.45, 7) is -2.98. The molecule has 0 aromatic rings. The van der Waals surface area contributed by atoms with Gasteiger partial charge < -0.3 is 80.2 Å². The first-order valence-corrected chi connectivity index (χ1v) is 10.5. The summed E-state index contributed by atoms with van der Waals surface area (Å²) in [6.07, 6.45) is -23.8. The van der Waals surface area contributed by atoms with Gasteiger partial charge in [0.15, 0.2) is 12.6 Å². The summed E-state index contributed by atoms with van der Waals surface area (Å²) in [5.41, 5.74) is 0. The third-order valence-electron chi connectivity index (χ3n) is 5.70. The van der Waals surface area contributed by atoms with Crippen molar-refractivity contribution in [2.45, 2.75) is 85.8 Å². The van der Waals surface area contributed by atoms with Crippen molar-refractivity contribution in [3.05, 3.63) is 0 Å². The second-order valence-electron chi connectivity index (χ2n) is 8.18. The Morgan fingerprint density at radius 3 is 1.15 bits per heavy atom. The Bertz CT molecular complexity index is 544. The van der Waals surface area contributed by atoms with E-state index < -0.39 is 112 Å². The van der Waals surface area contributed by atoms with Crippen LogP contribution >= 0.6 is 0 Å². The van der Waals surface area contributed by atoms with Crippen LogP contribution in [0.1, 0.15) is 0 Å². The minimum Gasteiger partial charge on any atom is -0.394 e. The second kappa shape index (κ2) is 13.1. The zero-order chi connectivity index (χ0) is 25.7. The van der Waals surface area contributed by atoms with Crippen LogP contribution in [0.4, 0.5) is 0 Å². The standard InChI is InChI=1S/C18H34O16/c19-1-7-11(25)13(27)15(29)17(33-7)31-3-5(21)9(23)10(24)6(22)4-32-18-16(30)14(28)12(26)8(2-20)34-18/h5-30H,1-4H2/t5-,6-,7-,8-,9-,10-,11-,12-,13+,14+,15-,16-,17+,18+/m1/s1. The Morgan fingerprint density at radius 2 is 0.853 bits per heavy atom. The van der Waals surface area contributed by atoms with E-state index in [-0.39, 0.29) is 0 Å². The molecule has 12 N–H and O–H groups in total. The van der Waals surface area contributed by atoms with Crippen molar-refractivity contribution in [3.63, 3.8) is 0 Å². The van der Waals surface area contributed by atoms with Crippen LogP contribution in [0, 0.1) is 0 Å². The van der Waals surface area contributed by atoms with Gasteiger partial charge in [0.05, 0.1) is 26.4 Å². The molecule has 2 rings (SSSR count). The summed E-state index contributed by atoms with van der Waals surface area (Å²) in [5.74, 6) is 0. The molecule has 0 bridgehead atoms. The molecule has 2 aliphatic heterocycles. The number of aliphatic hydroxyl groups excluding tert-OH is 12. The molecule has 2 heterocycles. The summed E-state index contributed by atoms with van der Waals surface area (Å²) >= 11 is 0. The Kier molecular flexibility index (Phi) is 11.4. The van der Waals surface area contributed by atoms with Gasteiger partial charge in [-0.15, -0.1) is 0 Å². The molecular weight excluding hydrogens is 472 g/mol. The molecule has 2 fully saturated rings. The quantitative estimate of drug-likeness (QED) is 0.124. The van der Waals surface area contributed by atoms with Crippen molar-refractivity contribution in [2.24, 2.45) is 0 Å². The zero-order valence-electron chi connectivity index (χ0n) is 17.9. The maximum atomic E-state index is 10.1. The second-order valence-corrected chi connectivity index (χ2v) is 8.18. The molecule has 2 saturated heterocycles. The number of rotatable bonds is 11. The van der Waals surface area contributed by atoms with Gasteiger partial charge in [0, 0.05) is 0 Å². The highest BCUT2D eigenvalue weighted by atomic mass is 16.7. The van der Waals surface area contributed by atoms with E-state index in [0.717, 1.165) is 0 Å². The first-order chi connectivity index (χ1) is 15.9. The van der Waals surface area contributed by atoms with E-state index in [9.17, 15) is 51.1 Å². The lowest BCUT2D eigenvalue weighted by Crippen LogP contribution is -2.60. The van der Waals surface area contributed by atoms with Gasteiger partial charge in [0.1, 0.15) is 73.2 Å². The Hall–Kier alpha value is -0.640. The monoisotopic (exact) mass is 506 g/mol. The van der Waals surface area contributed by atoms with Gasteiger partial charge in [-0.25, -0.2) is 0 Å². The fourth-order valence-corrected chi connectivity index (χ4v) is 3.45. The van der Waals surface area contributed by atoms with Crippen molar-refractivity contribution >= 4 is 0 Å². The highest BCUT2D eigenvalue weighted by Gasteiger charge is 2.46. The van der Waals surface area contributed by atoms with E-state index in [1.54, 1.807) is 0 Å². The van der Waals surface area contributed by atoms with Crippen LogP contribution < -0.4 is 0 Å². The summed E-state index contributed by atoms with van der Waals surface area (Å²) in [4.78, 5) is 0. The SMILES string of the molecule is OC[C@H]1O[C@H](OC[C@@H](O)[C@@H](O)[C@H](O)[C@H](O)CO[C@H]2O[C@H](CO)[C@@H](O)[C@H](O)[C@H]2O)[C@H](O)[C@@H](O)[C@@H]1O. The third kappa shape index (κ3) is 6.77. The minimum absolute atomic E-state index is 0.713. The maximum absolute atomic E-state index is 10.1. The lowest BCUT2D eigenvalue weighted by atomic mass is 9.99. The predicted octanol–water partition coefficient (Wildman–Crippen LogP) is -7.94. The molecule has 0 radical (unpaired) electrons. The highest BCUT2D eigenvalue weighted by molar-refractivity contribution is 4.90.